The molecule has 1 unspecified atom stereocenters. The van der Waals surface area contributed by atoms with Crippen molar-refractivity contribution in [3.63, 3.8) is 0 Å². The molecule has 198 valence electrons. The number of carbonyl (C=O) groups is 1. The van der Waals surface area contributed by atoms with E-state index in [1.54, 1.807) is 6.07 Å². The number of ether oxygens (including phenoxy) is 1. The molecule has 1 aliphatic heterocycles. The largest absolute Gasteiger partial charge is 0.481 e. The normalized spacial score (nSPS) is 17.9. The molecule has 1 N–H and O–H groups in total. The van der Waals surface area contributed by atoms with Gasteiger partial charge in [0.25, 0.3) is 0 Å². The van der Waals surface area contributed by atoms with Crippen molar-refractivity contribution in [3.05, 3.63) is 82.9 Å². The molecule has 5 rings (SSSR count). The fourth-order valence-electron chi connectivity index (χ4n) is 4.80. The lowest BCUT2D eigenvalue weighted by atomic mass is 9.87. The molecule has 0 aliphatic carbocycles. The van der Waals surface area contributed by atoms with Crippen LogP contribution in [0.5, 0.6) is 5.88 Å². The number of sulfonamides is 1. The van der Waals surface area contributed by atoms with E-state index in [1.807, 2.05) is 61.7 Å². The average Bonchev–Trinajstić information content (AvgIpc) is 3.22. The lowest BCUT2D eigenvalue weighted by molar-refractivity contribution is -0.137. The molecular formula is C27H29N5O5S. The third kappa shape index (κ3) is 4.86. The summed E-state index contributed by atoms with van der Waals surface area (Å²) in [7, 11) is -3.87. The van der Waals surface area contributed by atoms with E-state index >= 15 is 0 Å². The number of aliphatic carboxylic acids is 1. The molecule has 0 spiro atoms. The first-order valence-electron chi connectivity index (χ1n) is 12.4. The van der Waals surface area contributed by atoms with Gasteiger partial charge in [0.05, 0.1) is 13.0 Å². The quantitative estimate of drug-likeness (QED) is 0.379. The Morgan fingerprint density at radius 3 is 2.71 bits per heavy atom. The van der Waals surface area contributed by atoms with Crippen molar-refractivity contribution in [1.82, 2.24) is 23.9 Å². The van der Waals surface area contributed by atoms with Gasteiger partial charge in [-0.1, -0.05) is 25.1 Å². The Morgan fingerprint density at radius 2 is 1.95 bits per heavy atom. The standard InChI is InChI=1S/C27H29N5O5S/c1-4-22-16-31(38(35,36)24-6-5-10-28-27(24)37-22)15-21-12-19(8-7-17(21)2)23(14-26(33)34)20-9-11-32-18(3)29-30-25(32)13-20/h5-13,22-23H,4,14-16H2,1-3H3,(H,33,34)/t22-,23?/m1/s1. The van der Waals surface area contributed by atoms with Crippen molar-refractivity contribution in [1.29, 1.82) is 0 Å². The van der Waals surface area contributed by atoms with Gasteiger partial charge in [-0.25, -0.2) is 13.4 Å². The molecule has 0 saturated carbocycles. The van der Waals surface area contributed by atoms with Crippen molar-refractivity contribution >= 4 is 21.6 Å². The zero-order valence-corrected chi connectivity index (χ0v) is 22.2. The molecule has 0 saturated heterocycles. The second kappa shape index (κ2) is 10.1. The highest BCUT2D eigenvalue weighted by Crippen LogP contribution is 2.33. The van der Waals surface area contributed by atoms with Crippen LogP contribution in [0, 0.1) is 13.8 Å². The predicted molar refractivity (Wildman–Crippen MR) is 140 cm³/mol. The van der Waals surface area contributed by atoms with E-state index in [-0.39, 0.29) is 36.4 Å². The zero-order chi connectivity index (χ0) is 27.0. The lowest BCUT2D eigenvalue weighted by Gasteiger charge is -2.24. The minimum Gasteiger partial charge on any atom is -0.481 e. The van der Waals surface area contributed by atoms with E-state index in [1.165, 1.54) is 16.6 Å². The number of nitrogens with zero attached hydrogens (tertiary/aromatic N) is 5. The Morgan fingerprint density at radius 1 is 1.16 bits per heavy atom. The minimum absolute atomic E-state index is 0.0467. The summed E-state index contributed by atoms with van der Waals surface area (Å²) >= 11 is 0. The van der Waals surface area contributed by atoms with Gasteiger partial charge in [0.2, 0.25) is 15.9 Å². The summed E-state index contributed by atoms with van der Waals surface area (Å²) in [6.07, 6.45) is 3.50. The van der Waals surface area contributed by atoms with Crippen LogP contribution in [0.15, 0.2) is 59.8 Å². The van der Waals surface area contributed by atoms with Crippen molar-refractivity contribution in [3.8, 4) is 5.88 Å². The van der Waals surface area contributed by atoms with Gasteiger partial charge >= 0.3 is 5.97 Å². The van der Waals surface area contributed by atoms with Crippen molar-refractivity contribution in [2.45, 2.75) is 57.1 Å². The Hall–Kier alpha value is -3.83. The first-order chi connectivity index (χ1) is 18.2. The molecule has 0 fully saturated rings. The smallest absolute Gasteiger partial charge is 0.304 e. The summed E-state index contributed by atoms with van der Waals surface area (Å²) < 4.78 is 36.5. The highest BCUT2D eigenvalue weighted by molar-refractivity contribution is 7.89. The molecule has 0 bridgehead atoms. The molecular weight excluding hydrogens is 506 g/mol. The molecule has 11 heteroatoms. The molecule has 10 nitrogen and oxygen atoms in total. The molecule has 1 aromatic carbocycles. The van der Waals surface area contributed by atoms with Crippen LogP contribution in [-0.2, 0) is 21.4 Å². The number of hydrogen-bond donors (Lipinski definition) is 1. The summed E-state index contributed by atoms with van der Waals surface area (Å²) in [6, 6.07) is 12.5. The summed E-state index contributed by atoms with van der Waals surface area (Å²) in [6.45, 7) is 6.02. The number of rotatable bonds is 7. The average molecular weight is 536 g/mol. The SMILES string of the molecule is CC[C@@H]1CN(Cc2cc(C(CC(=O)O)c3ccn4c(C)nnc4c3)ccc2C)S(=O)(=O)c2cccnc2O1. The third-order valence-corrected chi connectivity index (χ3v) is 8.83. The van der Waals surface area contributed by atoms with Gasteiger partial charge in [0.1, 0.15) is 16.8 Å². The fourth-order valence-corrected chi connectivity index (χ4v) is 6.32. The van der Waals surface area contributed by atoms with Crippen LogP contribution >= 0.6 is 0 Å². The van der Waals surface area contributed by atoms with Crippen LogP contribution in [-0.4, -0.2) is 56.0 Å². The fraction of sp³-hybridized carbons (Fsp3) is 0.333. The first-order valence-corrected chi connectivity index (χ1v) is 13.9. The van der Waals surface area contributed by atoms with Crippen LogP contribution in [0.3, 0.4) is 0 Å². The topological polar surface area (TPSA) is 127 Å². The third-order valence-electron chi connectivity index (χ3n) is 7.00. The van der Waals surface area contributed by atoms with Gasteiger partial charge in [-0.15, -0.1) is 10.2 Å². The maximum Gasteiger partial charge on any atom is 0.304 e. The highest BCUT2D eigenvalue weighted by Gasteiger charge is 2.35. The second-order valence-corrected chi connectivity index (χ2v) is 11.4. The predicted octanol–water partition coefficient (Wildman–Crippen LogP) is 3.71. The van der Waals surface area contributed by atoms with Crippen LogP contribution in [0.25, 0.3) is 5.65 Å². The van der Waals surface area contributed by atoms with Gasteiger partial charge in [-0.3, -0.25) is 9.20 Å². The van der Waals surface area contributed by atoms with Crippen LogP contribution in [0.4, 0.5) is 0 Å². The van der Waals surface area contributed by atoms with Crippen molar-refractivity contribution in [2.24, 2.45) is 0 Å². The second-order valence-electron chi connectivity index (χ2n) is 9.52. The van der Waals surface area contributed by atoms with Gasteiger partial charge in [-0.2, -0.15) is 4.31 Å². The monoisotopic (exact) mass is 535 g/mol. The number of pyridine rings is 2. The number of aryl methyl sites for hydroxylation is 2. The Labute approximate surface area is 221 Å². The summed E-state index contributed by atoms with van der Waals surface area (Å²) in [4.78, 5) is 16.1. The number of hydrogen-bond acceptors (Lipinski definition) is 7. The van der Waals surface area contributed by atoms with E-state index in [0.717, 1.165) is 28.1 Å². The molecule has 1 aliphatic rings. The van der Waals surface area contributed by atoms with E-state index in [9.17, 15) is 18.3 Å². The molecule has 4 heterocycles. The number of aromatic nitrogens is 4. The molecule has 0 amide bonds. The Bertz CT molecular complexity index is 1620. The van der Waals surface area contributed by atoms with Gasteiger partial charge < -0.3 is 9.84 Å². The van der Waals surface area contributed by atoms with E-state index in [2.05, 4.69) is 15.2 Å². The van der Waals surface area contributed by atoms with Crippen LogP contribution in [0.1, 0.15) is 53.8 Å². The molecule has 2 atom stereocenters. The summed E-state index contributed by atoms with van der Waals surface area (Å²) in [5, 5.41) is 18.0. The number of carboxylic acid groups (broad SMARTS) is 1. The van der Waals surface area contributed by atoms with E-state index < -0.39 is 21.9 Å². The van der Waals surface area contributed by atoms with Gasteiger partial charge in [0.15, 0.2) is 5.65 Å². The van der Waals surface area contributed by atoms with Gasteiger partial charge in [-0.05, 0) is 66.8 Å². The first kappa shape index (κ1) is 25.8. The maximum absolute atomic E-state index is 13.6. The van der Waals surface area contributed by atoms with Crippen molar-refractivity contribution < 1.29 is 23.1 Å². The molecule has 38 heavy (non-hydrogen) atoms. The van der Waals surface area contributed by atoms with Crippen LogP contribution in [0.2, 0.25) is 0 Å². The van der Waals surface area contributed by atoms with Gasteiger partial charge in [0, 0.05) is 24.9 Å². The Kier molecular flexibility index (Phi) is 6.89. The molecule has 4 aromatic rings. The zero-order valence-electron chi connectivity index (χ0n) is 21.4. The number of fused-ring (bicyclic) bond motifs is 2. The maximum atomic E-state index is 13.6. The number of benzene rings is 1. The van der Waals surface area contributed by atoms with Crippen LogP contribution < -0.4 is 4.74 Å². The molecule has 3 aromatic heterocycles. The Balaban J connectivity index is 1.53. The number of carboxylic acids is 1. The lowest BCUT2D eigenvalue weighted by Crippen LogP contribution is -2.36. The van der Waals surface area contributed by atoms with E-state index in [4.69, 9.17) is 4.74 Å². The van der Waals surface area contributed by atoms with E-state index in [0.29, 0.717) is 12.1 Å². The highest BCUT2D eigenvalue weighted by atomic mass is 32.2. The van der Waals surface area contributed by atoms with Crippen molar-refractivity contribution in [2.75, 3.05) is 6.54 Å². The summed E-state index contributed by atoms with van der Waals surface area (Å²) in [5.41, 5.74) is 3.92. The summed E-state index contributed by atoms with van der Waals surface area (Å²) in [5.74, 6) is -0.528. The minimum atomic E-state index is -3.87. The molecule has 0 radical (unpaired) electrons.